The second kappa shape index (κ2) is 9.40. The first-order valence-corrected chi connectivity index (χ1v) is 8.61. The minimum Gasteiger partial charge on any atom is -0.453 e. The van der Waals surface area contributed by atoms with E-state index in [1.807, 2.05) is 31.3 Å². The summed E-state index contributed by atoms with van der Waals surface area (Å²) in [6.45, 7) is 4.46. The smallest absolute Gasteiger partial charge is 0.411 e. The van der Waals surface area contributed by atoms with Crippen molar-refractivity contribution in [2.75, 3.05) is 45.8 Å². The molecule has 144 valence electrons. The van der Waals surface area contributed by atoms with Gasteiger partial charge in [-0.25, -0.2) is 4.79 Å². The van der Waals surface area contributed by atoms with Gasteiger partial charge in [0.05, 0.1) is 13.7 Å². The third-order valence-corrected chi connectivity index (χ3v) is 4.97. The fraction of sp³-hybridized carbons (Fsp3) is 0.556. The zero-order valence-electron chi connectivity index (χ0n) is 15.3. The monoisotopic (exact) mass is 474 g/mol. The normalized spacial score (nSPS) is 22.2. The van der Waals surface area contributed by atoms with Gasteiger partial charge in [0.15, 0.2) is 5.96 Å². The molecule has 0 aromatic heterocycles. The molecule has 1 atom stereocenters. The second-order valence-electron chi connectivity index (χ2n) is 6.69. The minimum atomic E-state index is -0.467. The van der Waals surface area contributed by atoms with Gasteiger partial charge >= 0.3 is 6.09 Å². The maximum absolute atomic E-state index is 11.2. The number of amides is 1. The number of rotatable bonds is 3. The molecule has 0 aliphatic carbocycles. The van der Waals surface area contributed by atoms with Crippen molar-refractivity contribution in [1.82, 2.24) is 10.2 Å². The molecule has 2 aliphatic rings. The maximum atomic E-state index is 11.2. The summed E-state index contributed by atoms with van der Waals surface area (Å²) in [5.41, 5.74) is 2.15. The number of likely N-dealkylation sites (tertiary alicyclic amines) is 1. The zero-order chi connectivity index (χ0) is 17.7. The number of ether oxygens (including phenoxy) is 2. The number of carbonyl (C=O) groups is 1. The molecule has 2 heterocycles. The summed E-state index contributed by atoms with van der Waals surface area (Å²) in [6, 6.07) is 7.67. The Balaban J connectivity index is 0.00000243. The molecule has 26 heavy (non-hydrogen) atoms. The standard InChI is InChI=1S/C18H26N4O3.HI/c1-19-16(22-9-7-18(12-22)8-10-25-13-18)20-11-14-3-5-15(6-4-14)21-17(23)24-2;/h3-6H,7-13H2,1-2H3,(H,19,20)(H,21,23);1H. The molecule has 2 N–H and O–H groups in total. The van der Waals surface area contributed by atoms with E-state index in [2.05, 4.69) is 25.3 Å². The van der Waals surface area contributed by atoms with Gasteiger partial charge in [-0.15, -0.1) is 24.0 Å². The van der Waals surface area contributed by atoms with Gasteiger partial charge in [0.25, 0.3) is 0 Å². The van der Waals surface area contributed by atoms with Crippen molar-refractivity contribution in [3.8, 4) is 0 Å². The fourth-order valence-corrected chi connectivity index (χ4v) is 3.48. The van der Waals surface area contributed by atoms with Gasteiger partial charge in [-0.1, -0.05) is 12.1 Å². The number of carbonyl (C=O) groups excluding carboxylic acids is 1. The van der Waals surface area contributed by atoms with Crippen molar-refractivity contribution in [3.05, 3.63) is 29.8 Å². The van der Waals surface area contributed by atoms with Gasteiger partial charge in [0, 0.05) is 44.4 Å². The van der Waals surface area contributed by atoms with E-state index in [0.29, 0.717) is 17.6 Å². The van der Waals surface area contributed by atoms with Gasteiger partial charge < -0.3 is 19.7 Å². The van der Waals surface area contributed by atoms with Gasteiger partial charge in [-0.2, -0.15) is 0 Å². The number of nitrogens with zero attached hydrogens (tertiary/aromatic N) is 2. The number of halogens is 1. The van der Waals surface area contributed by atoms with Crippen molar-refractivity contribution >= 4 is 41.7 Å². The summed E-state index contributed by atoms with van der Waals surface area (Å²) in [4.78, 5) is 17.9. The number of anilines is 1. The summed E-state index contributed by atoms with van der Waals surface area (Å²) in [5.74, 6) is 0.931. The van der Waals surface area contributed by atoms with Crippen LogP contribution in [0.25, 0.3) is 0 Å². The molecule has 1 aromatic rings. The molecule has 2 fully saturated rings. The average Bonchev–Trinajstić information content (AvgIpc) is 3.27. The van der Waals surface area contributed by atoms with E-state index >= 15 is 0 Å². The Labute approximate surface area is 171 Å². The van der Waals surface area contributed by atoms with Crippen LogP contribution in [0.5, 0.6) is 0 Å². The molecule has 0 radical (unpaired) electrons. The highest BCUT2D eigenvalue weighted by Crippen LogP contribution is 2.38. The quantitative estimate of drug-likeness (QED) is 0.401. The first-order valence-electron chi connectivity index (χ1n) is 8.61. The Morgan fingerprint density at radius 2 is 2.12 bits per heavy atom. The Kier molecular flexibility index (Phi) is 7.51. The first kappa shape index (κ1) is 20.8. The van der Waals surface area contributed by atoms with E-state index < -0.39 is 6.09 Å². The molecule has 1 spiro atoms. The highest BCUT2D eigenvalue weighted by Gasteiger charge is 2.42. The number of hydrogen-bond donors (Lipinski definition) is 2. The van der Waals surface area contributed by atoms with Crippen LogP contribution in [0.2, 0.25) is 0 Å². The predicted molar refractivity (Wildman–Crippen MR) is 112 cm³/mol. The lowest BCUT2D eigenvalue weighted by Gasteiger charge is -2.25. The number of hydrogen-bond acceptors (Lipinski definition) is 4. The molecule has 0 bridgehead atoms. The molecule has 0 saturated carbocycles. The van der Waals surface area contributed by atoms with Crippen LogP contribution in [0.3, 0.4) is 0 Å². The summed E-state index contributed by atoms with van der Waals surface area (Å²) >= 11 is 0. The van der Waals surface area contributed by atoms with Crippen molar-refractivity contribution in [2.45, 2.75) is 19.4 Å². The molecule has 2 aliphatic heterocycles. The number of guanidine groups is 1. The summed E-state index contributed by atoms with van der Waals surface area (Å²) in [7, 11) is 3.17. The van der Waals surface area contributed by atoms with Crippen molar-refractivity contribution < 1.29 is 14.3 Å². The average molecular weight is 474 g/mol. The fourth-order valence-electron chi connectivity index (χ4n) is 3.48. The van der Waals surface area contributed by atoms with Crippen LogP contribution in [0, 0.1) is 5.41 Å². The van der Waals surface area contributed by atoms with E-state index in [0.717, 1.165) is 44.2 Å². The Hall–Kier alpha value is -1.55. The minimum absolute atomic E-state index is 0. The SMILES string of the molecule is CN=C(NCc1ccc(NC(=O)OC)cc1)N1CCC2(CCOC2)C1.I. The number of benzene rings is 1. The van der Waals surface area contributed by atoms with E-state index in [1.54, 1.807) is 0 Å². The van der Waals surface area contributed by atoms with E-state index in [1.165, 1.54) is 13.5 Å². The molecular formula is C18H27IN4O3. The van der Waals surface area contributed by atoms with Crippen LogP contribution in [0.1, 0.15) is 18.4 Å². The van der Waals surface area contributed by atoms with Crippen molar-refractivity contribution in [1.29, 1.82) is 0 Å². The lowest BCUT2D eigenvalue weighted by Crippen LogP contribution is -2.41. The van der Waals surface area contributed by atoms with Gasteiger partial charge in [0.1, 0.15) is 0 Å². The zero-order valence-corrected chi connectivity index (χ0v) is 17.6. The Morgan fingerprint density at radius 3 is 2.73 bits per heavy atom. The molecule has 3 rings (SSSR count). The Bertz CT molecular complexity index is 630. The first-order chi connectivity index (χ1) is 12.1. The third-order valence-electron chi connectivity index (χ3n) is 4.97. The summed E-state index contributed by atoms with van der Waals surface area (Å²) in [5, 5.41) is 6.07. The maximum Gasteiger partial charge on any atom is 0.411 e. The Morgan fingerprint density at radius 1 is 1.35 bits per heavy atom. The van der Waals surface area contributed by atoms with Gasteiger partial charge in [-0.05, 0) is 30.5 Å². The lowest BCUT2D eigenvalue weighted by molar-refractivity contribution is 0.156. The topological polar surface area (TPSA) is 75.2 Å². The lowest BCUT2D eigenvalue weighted by atomic mass is 9.87. The van der Waals surface area contributed by atoms with Crippen LogP contribution >= 0.6 is 24.0 Å². The van der Waals surface area contributed by atoms with Crippen molar-refractivity contribution in [2.24, 2.45) is 10.4 Å². The molecule has 1 amide bonds. The van der Waals surface area contributed by atoms with Crippen LogP contribution in [0.15, 0.2) is 29.3 Å². The largest absolute Gasteiger partial charge is 0.453 e. The number of aliphatic imine (C=N–C) groups is 1. The van der Waals surface area contributed by atoms with E-state index in [-0.39, 0.29) is 24.0 Å². The van der Waals surface area contributed by atoms with Crippen LogP contribution in [-0.4, -0.2) is 57.4 Å². The van der Waals surface area contributed by atoms with Crippen molar-refractivity contribution in [3.63, 3.8) is 0 Å². The predicted octanol–water partition coefficient (Wildman–Crippen LogP) is 2.67. The molecule has 2 saturated heterocycles. The molecule has 1 unspecified atom stereocenters. The molecule has 8 heteroatoms. The van der Waals surface area contributed by atoms with Gasteiger partial charge in [0.2, 0.25) is 0 Å². The van der Waals surface area contributed by atoms with E-state index in [4.69, 9.17) is 4.74 Å². The third kappa shape index (κ3) is 5.00. The number of methoxy groups -OCH3 is 1. The van der Waals surface area contributed by atoms with Crippen LogP contribution < -0.4 is 10.6 Å². The van der Waals surface area contributed by atoms with Gasteiger partial charge in [-0.3, -0.25) is 10.3 Å². The number of nitrogens with one attached hydrogen (secondary N) is 2. The molecule has 7 nitrogen and oxygen atoms in total. The summed E-state index contributed by atoms with van der Waals surface area (Å²) in [6.07, 6.45) is 1.85. The van der Waals surface area contributed by atoms with Crippen LogP contribution in [0.4, 0.5) is 10.5 Å². The highest BCUT2D eigenvalue weighted by molar-refractivity contribution is 14.0. The summed E-state index contributed by atoms with van der Waals surface area (Å²) < 4.78 is 10.2. The molecular weight excluding hydrogens is 447 g/mol. The van der Waals surface area contributed by atoms with E-state index in [9.17, 15) is 4.79 Å². The molecule has 1 aromatic carbocycles. The highest BCUT2D eigenvalue weighted by atomic mass is 127. The van der Waals surface area contributed by atoms with Crippen LogP contribution in [-0.2, 0) is 16.0 Å². The second-order valence-corrected chi connectivity index (χ2v) is 6.69.